The Kier molecular flexibility index (Phi) is 11.9. The van der Waals surface area contributed by atoms with Crippen LogP contribution in [0.25, 0.3) is 0 Å². The van der Waals surface area contributed by atoms with Crippen LogP contribution >= 0.6 is 12.6 Å². The Morgan fingerprint density at radius 3 is 2.05 bits per heavy atom. The molecule has 0 N–H and O–H groups in total. The molecule has 0 aliphatic carbocycles. The molecule has 1 saturated heterocycles. The Balaban J connectivity index is 1.86. The first-order valence-corrected chi connectivity index (χ1v) is 9.78. The van der Waals surface area contributed by atoms with E-state index in [9.17, 15) is 0 Å². The second kappa shape index (κ2) is 13.0. The van der Waals surface area contributed by atoms with Crippen molar-refractivity contribution in [1.29, 1.82) is 0 Å². The second-order valence-electron chi connectivity index (χ2n) is 6.55. The van der Waals surface area contributed by atoms with Crippen LogP contribution < -0.4 is 0 Å². The normalized spacial score (nSPS) is 21.0. The lowest BCUT2D eigenvalue weighted by Gasteiger charge is -2.25. The van der Waals surface area contributed by atoms with Crippen molar-refractivity contribution in [3.05, 3.63) is 0 Å². The smallest absolute Gasteiger partial charge is 0.0527 e. The summed E-state index contributed by atoms with van der Waals surface area (Å²) in [7, 11) is 0. The monoisotopic (exact) mass is 299 g/mol. The van der Waals surface area contributed by atoms with Gasteiger partial charge in [0.25, 0.3) is 0 Å². The van der Waals surface area contributed by atoms with Crippen molar-refractivity contribution in [3.63, 3.8) is 0 Å². The fourth-order valence-corrected chi connectivity index (χ4v) is 3.63. The Hall–Kier alpha value is 0.310. The highest BCUT2D eigenvalue weighted by atomic mass is 32.1. The Labute approximate surface area is 133 Å². The molecule has 0 bridgehead atoms. The van der Waals surface area contributed by atoms with Crippen molar-refractivity contribution in [2.75, 3.05) is 13.1 Å². The maximum atomic E-state index is 4.75. The van der Waals surface area contributed by atoms with Gasteiger partial charge in [-0.15, -0.1) is 0 Å². The molecular weight excluding hydrogens is 262 g/mol. The molecule has 1 rings (SSSR count). The van der Waals surface area contributed by atoms with E-state index in [2.05, 4.69) is 11.8 Å². The van der Waals surface area contributed by atoms with Crippen molar-refractivity contribution in [2.45, 2.75) is 102 Å². The van der Waals surface area contributed by atoms with Gasteiger partial charge in [-0.25, -0.2) is 0 Å². The second-order valence-corrected chi connectivity index (χ2v) is 7.14. The summed E-state index contributed by atoms with van der Waals surface area (Å²) in [6.45, 7) is 4.86. The third-order valence-electron chi connectivity index (χ3n) is 4.63. The van der Waals surface area contributed by atoms with E-state index in [4.69, 9.17) is 12.6 Å². The summed E-state index contributed by atoms with van der Waals surface area (Å²) in [4.78, 5) is 2.61. The van der Waals surface area contributed by atoms with Gasteiger partial charge in [-0.1, -0.05) is 77.6 Å². The van der Waals surface area contributed by atoms with Crippen LogP contribution in [-0.4, -0.2) is 23.4 Å². The Bertz CT molecular complexity index is 208. The predicted molar refractivity (Wildman–Crippen MR) is 94.7 cm³/mol. The molecule has 1 heterocycles. The quantitative estimate of drug-likeness (QED) is 0.359. The highest BCUT2D eigenvalue weighted by molar-refractivity contribution is 7.80. The molecule has 0 amide bonds. The van der Waals surface area contributed by atoms with Crippen LogP contribution in [0.4, 0.5) is 0 Å². The Morgan fingerprint density at radius 1 is 0.800 bits per heavy atom. The van der Waals surface area contributed by atoms with Crippen LogP contribution in [0.2, 0.25) is 0 Å². The lowest BCUT2D eigenvalue weighted by Crippen LogP contribution is -2.31. The maximum absolute atomic E-state index is 4.75. The average Bonchev–Trinajstić information content (AvgIpc) is 2.66. The van der Waals surface area contributed by atoms with Gasteiger partial charge in [0.05, 0.1) is 5.37 Å². The summed E-state index contributed by atoms with van der Waals surface area (Å²) in [5.41, 5.74) is 0. The van der Waals surface area contributed by atoms with E-state index in [0.29, 0.717) is 5.37 Å². The standard InChI is InChI=1S/C18H37NS/c1-2-3-4-5-6-7-8-9-10-13-16-19-17-14-11-12-15-18(19)20/h18,20H,2-17H2,1H3. The fourth-order valence-electron chi connectivity index (χ4n) is 3.21. The van der Waals surface area contributed by atoms with Gasteiger partial charge in [0.1, 0.15) is 0 Å². The first kappa shape index (κ1) is 18.4. The summed E-state index contributed by atoms with van der Waals surface area (Å²) in [5.74, 6) is 0. The number of unbranched alkanes of at least 4 members (excludes halogenated alkanes) is 9. The molecule has 1 atom stereocenters. The lowest BCUT2D eigenvalue weighted by atomic mass is 10.1. The van der Waals surface area contributed by atoms with Gasteiger partial charge in [0, 0.05) is 0 Å². The van der Waals surface area contributed by atoms with E-state index < -0.39 is 0 Å². The van der Waals surface area contributed by atoms with E-state index in [-0.39, 0.29) is 0 Å². The van der Waals surface area contributed by atoms with Crippen molar-refractivity contribution in [2.24, 2.45) is 0 Å². The van der Waals surface area contributed by atoms with Crippen LogP contribution in [-0.2, 0) is 0 Å². The van der Waals surface area contributed by atoms with Crippen molar-refractivity contribution >= 4 is 12.6 Å². The minimum absolute atomic E-state index is 0.538. The molecule has 1 aliphatic rings. The topological polar surface area (TPSA) is 3.24 Å². The van der Waals surface area contributed by atoms with Crippen molar-refractivity contribution in [3.8, 4) is 0 Å². The molecule has 1 unspecified atom stereocenters. The largest absolute Gasteiger partial charge is 0.292 e. The SMILES string of the molecule is CCCCCCCCCCCCN1CCCCCC1S. The highest BCUT2D eigenvalue weighted by Crippen LogP contribution is 2.20. The van der Waals surface area contributed by atoms with E-state index in [1.54, 1.807) is 0 Å². The molecule has 1 aliphatic heterocycles. The lowest BCUT2D eigenvalue weighted by molar-refractivity contribution is 0.257. The van der Waals surface area contributed by atoms with E-state index >= 15 is 0 Å². The third kappa shape index (κ3) is 9.28. The van der Waals surface area contributed by atoms with Crippen molar-refractivity contribution < 1.29 is 0 Å². The highest BCUT2D eigenvalue weighted by Gasteiger charge is 2.16. The van der Waals surface area contributed by atoms with Gasteiger partial charge < -0.3 is 0 Å². The van der Waals surface area contributed by atoms with Crippen LogP contribution in [0.5, 0.6) is 0 Å². The zero-order valence-electron chi connectivity index (χ0n) is 13.8. The third-order valence-corrected chi connectivity index (χ3v) is 5.21. The molecule has 0 radical (unpaired) electrons. The molecule has 1 fully saturated rings. The number of hydrogen-bond donors (Lipinski definition) is 1. The van der Waals surface area contributed by atoms with Gasteiger partial charge in [-0.2, -0.15) is 12.6 Å². The van der Waals surface area contributed by atoms with Gasteiger partial charge in [0.15, 0.2) is 0 Å². The molecule has 120 valence electrons. The molecule has 0 aromatic rings. The van der Waals surface area contributed by atoms with E-state index in [0.717, 1.165) is 0 Å². The summed E-state index contributed by atoms with van der Waals surface area (Å²) in [6.07, 6.45) is 19.8. The summed E-state index contributed by atoms with van der Waals surface area (Å²) in [5, 5.41) is 0.538. The van der Waals surface area contributed by atoms with Crippen LogP contribution in [0.1, 0.15) is 96.8 Å². The Morgan fingerprint density at radius 2 is 1.40 bits per heavy atom. The molecule has 1 nitrogen and oxygen atoms in total. The average molecular weight is 300 g/mol. The van der Waals surface area contributed by atoms with Gasteiger partial charge in [0.2, 0.25) is 0 Å². The molecule has 20 heavy (non-hydrogen) atoms. The van der Waals surface area contributed by atoms with Gasteiger partial charge in [-0.05, 0) is 32.4 Å². The van der Waals surface area contributed by atoms with E-state index in [1.165, 1.54) is 103 Å². The summed E-state index contributed by atoms with van der Waals surface area (Å²) < 4.78 is 0. The van der Waals surface area contributed by atoms with Crippen LogP contribution in [0, 0.1) is 0 Å². The summed E-state index contributed by atoms with van der Waals surface area (Å²) >= 11 is 4.75. The number of hydrogen-bond acceptors (Lipinski definition) is 2. The molecule has 0 aromatic heterocycles. The first-order valence-electron chi connectivity index (χ1n) is 9.26. The first-order chi connectivity index (χ1) is 9.84. The minimum Gasteiger partial charge on any atom is -0.292 e. The molecule has 0 aromatic carbocycles. The molecule has 0 spiro atoms. The zero-order valence-corrected chi connectivity index (χ0v) is 14.7. The molecule has 2 heteroatoms. The minimum atomic E-state index is 0.538. The van der Waals surface area contributed by atoms with Gasteiger partial charge >= 0.3 is 0 Å². The summed E-state index contributed by atoms with van der Waals surface area (Å²) in [6, 6.07) is 0. The maximum Gasteiger partial charge on any atom is 0.0527 e. The molecular formula is C18H37NS. The number of thiol groups is 1. The fraction of sp³-hybridized carbons (Fsp3) is 1.00. The van der Waals surface area contributed by atoms with Crippen LogP contribution in [0.15, 0.2) is 0 Å². The molecule has 0 saturated carbocycles. The number of rotatable bonds is 11. The van der Waals surface area contributed by atoms with Crippen molar-refractivity contribution in [1.82, 2.24) is 4.90 Å². The zero-order chi connectivity index (χ0) is 14.5. The number of nitrogens with zero attached hydrogens (tertiary/aromatic N) is 1. The van der Waals surface area contributed by atoms with Crippen LogP contribution in [0.3, 0.4) is 0 Å². The number of likely N-dealkylation sites (tertiary alicyclic amines) is 1. The van der Waals surface area contributed by atoms with Gasteiger partial charge in [-0.3, -0.25) is 4.90 Å². The predicted octanol–water partition coefficient (Wildman–Crippen LogP) is 6.04. The van der Waals surface area contributed by atoms with E-state index in [1.807, 2.05) is 0 Å².